The van der Waals surface area contributed by atoms with Gasteiger partial charge >= 0.3 is 0 Å². The fourth-order valence-electron chi connectivity index (χ4n) is 3.25. The molecule has 5 heteroatoms. The minimum absolute atomic E-state index is 0.199. The number of piperazine rings is 1. The first-order chi connectivity index (χ1) is 11.7. The number of benzene rings is 2. The number of nitrogens with one attached hydrogen (secondary N) is 1. The topological polar surface area (TPSA) is 33.7 Å². The van der Waals surface area contributed by atoms with Crippen molar-refractivity contribution in [2.24, 2.45) is 0 Å². The van der Waals surface area contributed by atoms with E-state index < -0.39 is 0 Å². The Labute approximate surface area is 151 Å². The summed E-state index contributed by atoms with van der Waals surface area (Å²) in [6, 6.07) is 15.0. The highest BCUT2D eigenvalue weighted by molar-refractivity contribution is 9.10. The molecule has 0 bridgehead atoms. The summed E-state index contributed by atoms with van der Waals surface area (Å²) in [7, 11) is 3.35. The van der Waals surface area contributed by atoms with Gasteiger partial charge in [-0.25, -0.2) is 0 Å². The van der Waals surface area contributed by atoms with Gasteiger partial charge in [-0.2, -0.15) is 0 Å². The van der Waals surface area contributed by atoms with Crippen LogP contribution < -0.4 is 14.8 Å². The van der Waals surface area contributed by atoms with E-state index in [9.17, 15) is 0 Å². The fourth-order valence-corrected chi connectivity index (χ4v) is 3.67. The highest BCUT2D eigenvalue weighted by Gasteiger charge is 2.25. The van der Waals surface area contributed by atoms with E-state index in [1.807, 2.05) is 6.07 Å². The van der Waals surface area contributed by atoms with Crippen molar-refractivity contribution in [3.05, 3.63) is 58.1 Å². The normalized spacial score (nSPS) is 16.6. The number of methoxy groups -OCH3 is 2. The molecule has 1 heterocycles. The molecule has 1 fully saturated rings. The molecule has 0 aliphatic carbocycles. The summed E-state index contributed by atoms with van der Waals surface area (Å²) in [5.74, 6) is 1.53. The second kappa shape index (κ2) is 8.01. The zero-order valence-corrected chi connectivity index (χ0v) is 15.7. The molecule has 1 aliphatic heterocycles. The molecule has 0 aromatic heterocycles. The first kappa shape index (κ1) is 17.3. The molecular weight excluding hydrogens is 368 g/mol. The van der Waals surface area contributed by atoms with Gasteiger partial charge in [0.05, 0.1) is 20.3 Å². The molecular formula is C19H23BrN2O2. The van der Waals surface area contributed by atoms with Gasteiger partial charge in [0.2, 0.25) is 0 Å². The van der Waals surface area contributed by atoms with Crippen molar-refractivity contribution >= 4 is 15.9 Å². The minimum atomic E-state index is 0.199. The van der Waals surface area contributed by atoms with Crippen LogP contribution in [0.25, 0.3) is 0 Å². The maximum absolute atomic E-state index is 5.51. The summed E-state index contributed by atoms with van der Waals surface area (Å²) in [5, 5.41) is 3.43. The van der Waals surface area contributed by atoms with Gasteiger partial charge < -0.3 is 14.8 Å². The monoisotopic (exact) mass is 390 g/mol. The van der Waals surface area contributed by atoms with Gasteiger partial charge in [0.15, 0.2) is 11.5 Å². The van der Waals surface area contributed by atoms with Crippen LogP contribution in [0.1, 0.15) is 17.2 Å². The maximum Gasteiger partial charge on any atom is 0.161 e. The van der Waals surface area contributed by atoms with Gasteiger partial charge in [0.1, 0.15) is 0 Å². The molecule has 0 amide bonds. The van der Waals surface area contributed by atoms with E-state index in [4.69, 9.17) is 9.47 Å². The first-order valence-corrected chi connectivity index (χ1v) is 8.94. The van der Waals surface area contributed by atoms with Gasteiger partial charge in [-0.3, -0.25) is 4.90 Å². The Morgan fingerprint density at radius 1 is 0.958 bits per heavy atom. The predicted molar refractivity (Wildman–Crippen MR) is 100.0 cm³/mol. The van der Waals surface area contributed by atoms with Crippen LogP contribution in [0.15, 0.2) is 46.9 Å². The van der Waals surface area contributed by atoms with Crippen molar-refractivity contribution in [1.29, 1.82) is 0 Å². The number of hydrogen-bond acceptors (Lipinski definition) is 4. The van der Waals surface area contributed by atoms with Gasteiger partial charge in [0, 0.05) is 30.7 Å². The number of hydrogen-bond donors (Lipinski definition) is 1. The Hall–Kier alpha value is -1.56. The number of halogens is 1. The number of nitrogens with zero attached hydrogens (tertiary/aromatic N) is 1. The summed E-state index contributed by atoms with van der Waals surface area (Å²) in [6.45, 7) is 4.06. The summed E-state index contributed by atoms with van der Waals surface area (Å²) >= 11 is 3.60. The average Bonchev–Trinajstić information content (AvgIpc) is 2.63. The molecule has 1 N–H and O–H groups in total. The number of ether oxygens (including phenoxy) is 2. The standard InChI is InChI=1S/C19H23BrN2O2/c1-23-17-7-6-15(13-18(17)24-2)19(22-10-8-21-9-11-22)14-4-3-5-16(20)12-14/h3-7,12-13,19,21H,8-11H2,1-2H3. The molecule has 1 aliphatic rings. The van der Waals surface area contributed by atoms with E-state index >= 15 is 0 Å². The highest BCUT2D eigenvalue weighted by Crippen LogP contribution is 2.36. The van der Waals surface area contributed by atoms with Crippen LogP contribution in [0.2, 0.25) is 0 Å². The van der Waals surface area contributed by atoms with Gasteiger partial charge in [0.25, 0.3) is 0 Å². The van der Waals surface area contributed by atoms with E-state index in [1.165, 1.54) is 11.1 Å². The second-order valence-electron chi connectivity index (χ2n) is 5.86. The largest absolute Gasteiger partial charge is 0.493 e. The molecule has 2 aromatic carbocycles. The molecule has 3 rings (SSSR count). The maximum atomic E-state index is 5.51. The second-order valence-corrected chi connectivity index (χ2v) is 6.77. The fraction of sp³-hybridized carbons (Fsp3) is 0.368. The zero-order chi connectivity index (χ0) is 16.9. The third-order valence-corrected chi connectivity index (χ3v) is 4.90. The Morgan fingerprint density at radius 2 is 1.67 bits per heavy atom. The predicted octanol–water partition coefficient (Wildman–Crippen LogP) is 3.46. The lowest BCUT2D eigenvalue weighted by molar-refractivity contribution is 0.198. The van der Waals surface area contributed by atoms with Crippen molar-refractivity contribution in [3.8, 4) is 11.5 Å². The number of rotatable bonds is 5. The van der Waals surface area contributed by atoms with E-state index in [0.717, 1.165) is 42.2 Å². The quantitative estimate of drug-likeness (QED) is 0.847. The molecule has 2 aromatic rings. The summed E-state index contributed by atoms with van der Waals surface area (Å²) < 4.78 is 12.0. The van der Waals surface area contributed by atoms with Gasteiger partial charge in [-0.15, -0.1) is 0 Å². The highest BCUT2D eigenvalue weighted by atomic mass is 79.9. The third-order valence-electron chi connectivity index (χ3n) is 4.40. The Morgan fingerprint density at radius 3 is 2.33 bits per heavy atom. The van der Waals surface area contributed by atoms with Crippen LogP contribution in [0.4, 0.5) is 0 Å². The summed E-state index contributed by atoms with van der Waals surface area (Å²) in [6.07, 6.45) is 0. The molecule has 1 unspecified atom stereocenters. The molecule has 0 spiro atoms. The van der Waals surface area contributed by atoms with Crippen molar-refractivity contribution in [3.63, 3.8) is 0 Å². The molecule has 1 saturated heterocycles. The van der Waals surface area contributed by atoms with Crippen LogP contribution >= 0.6 is 15.9 Å². The van der Waals surface area contributed by atoms with E-state index in [0.29, 0.717) is 0 Å². The van der Waals surface area contributed by atoms with Crippen LogP contribution in [-0.4, -0.2) is 45.3 Å². The van der Waals surface area contributed by atoms with Crippen molar-refractivity contribution < 1.29 is 9.47 Å². The van der Waals surface area contributed by atoms with E-state index in [-0.39, 0.29) is 6.04 Å². The lowest BCUT2D eigenvalue weighted by Gasteiger charge is -2.36. The first-order valence-electron chi connectivity index (χ1n) is 8.15. The van der Waals surface area contributed by atoms with Crippen LogP contribution in [0.5, 0.6) is 11.5 Å². The Balaban J connectivity index is 2.03. The SMILES string of the molecule is COc1ccc(C(c2cccc(Br)c2)N2CCNCC2)cc1OC. The zero-order valence-electron chi connectivity index (χ0n) is 14.1. The van der Waals surface area contributed by atoms with E-state index in [1.54, 1.807) is 14.2 Å². The van der Waals surface area contributed by atoms with Crippen molar-refractivity contribution in [2.75, 3.05) is 40.4 Å². The molecule has 24 heavy (non-hydrogen) atoms. The van der Waals surface area contributed by atoms with Crippen LogP contribution in [0, 0.1) is 0 Å². The van der Waals surface area contributed by atoms with Crippen molar-refractivity contribution in [1.82, 2.24) is 10.2 Å². The molecule has 0 saturated carbocycles. The minimum Gasteiger partial charge on any atom is -0.493 e. The smallest absolute Gasteiger partial charge is 0.161 e. The third kappa shape index (κ3) is 3.74. The molecule has 4 nitrogen and oxygen atoms in total. The van der Waals surface area contributed by atoms with Crippen molar-refractivity contribution in [2.45, 2.75) is 6.04 Å². The Bertz CT molecular complexity index is 687. The van der Waals surface area contributed by atoms with Crippen LogP contribution in [-0.2, 0) is 0 Å². The lowest BCUT2D eigenvalue weighted by atomic mass is 9.96. The lowest BCUT2D eigenvalue weighted by Crippen LogP contribution is -2.45. The van der Waals surface area contributed by atoms with Crippen LogP contribution in [0.3, 0.4) is 0 Å². The molecule has 128 valence electrons. The Kier molecular flexibility index (Phi) is 5.76. The summed E-state index contributed by atoms with van der Waals surface area (Å²) in [5.41, 5.74) is 2.49. The van der Waals surface area contributed by atoms with Gasteiger partial charge in [-0.1, -0.05) is 34.1 Å². The van der Waals surface area contributed by atoms with Gasteiger partial charge in [-0.05, 0) is 35.4 Å². The van der Waals surface area contributed by atoms with E-state index in [2.05, 4.69) is 62.5 Å². The summed E-state index contributed by atoms with van der Waals surface area (Å²) in [4.78, 5) is 2.51. The molecule has 0 radical (unpaired) electrons. The average molecular weight is 391 g/mol. The molecule has 1 atom stereocenters.